The third-order valence-electron chi connectivity index (χ3n) is 3.79. The molecular weight excluding hydrogens is 280 g/mol. The highest BCUT2D eigenvalue weighted by Crippen LogP contribution is 2.45. The lowest BCUT2D eigenvalue weighted by atomic mass is 9.84. The van der Waals surface area contributed by atoms with Gasteiger partial charge in [0.1, 0.15) is 11.5 Å². The van der Waals surface area contributed by atoms with Gasteiger partial charge in [-0.1, -0.05) is 36.4 Å². The molecule has 0 fully saturated rings. The largest absolute Gasteiger partial charge is 0.508 e. The molecule has 1 unspecified atom stereocenters. The van der Waals surface area contributed by atoms with Crippen LogP contribution in [0.1, 0.15) is 22.6 Å². The van der Waals surface area contributed by atoms with Gasteiger partial charge in [-0.2, -0.15) is 0 Å². The van der Waals surface area contributed by atoms with E-state index >= 15 is 0 Å². The van der Waals surface area contributed by atoms with Crippen molar-refractivity contribution in [2.24, 2.45) is 0 Å². The number of hydrogen-bond donors (Lipinski definition) is 2. The molecule has 5 nitrogen and oxygen atoms in total. The highest BCUT2D eigenvalue weighted by atomic mass is 16.5. The second kappa shape index (κ2) is 4.73. The molecule has 0 radical (unpaired) electrons. The zero-order valence-electron chi connectivity index (χ0n) is 11.5. The van der Waals surface area contributed by atoms with E-state index in [1.54, 1.807) is 12.1 Å². The van der Waals surface area contributed by atoms with Crippen LogP contribution in [0.5, 0.6) is 17.4 Å². The van der Waals surface area contributed by atoms with Crippen LogP contribution in [-0.4, -0.2) is 15.1 Å². The zero-order valence-corrected chi connectivity index (χ0v) is 11.5. The van der Waals surface area contributed by atoms with Crippen LogP contribution in [0, 0.1) is 0 Å². The standard InChI is InChI=1S/C17H12N2O3/c20-11-6-7-12-13(8-11)22-17-15(16(21)18-9-19-17)14(12)10-4-2-1-3-5-10/h1-9,14,20H,(H,18,19,21). The number of nitrogens with one attached hydrogen (secondary N) is 1. The molecule has 2 N–H and O–H groups in total. The van der Waals surface area contributed by atoms with Crippen molar-refractivity contribution in [2.75, 3.05) is 0 Å². The van der Waals surface area contributed by atoms with Crippen molar-refractivity contribution in [1.82, 2.24) is 9.97 Å². The molecule has 1 aromatic heterocycles. The number of aromatic amines is 1. The maximum absolute atomic E-state index is 12.3. The molecule has 0 amide bonds. The van der Waals surface area contributed by atoms with E-state index in [1.165, 1.54) is 12.4 Å². The van der Waals surface area contributed by atoms with Gasteiger partial charge in [-0.25, -0.2) is 4.98 Å². The molecule has 3 aromatic rings. The molecule has 0 spiro atoms. The molecule has 0 bridgehead atoms. The van der Waals surface area contributed by atoms with Crippen LogP contribution in [0.4, 0.5) is 0 Å². The van der Waals surface area contributed by atoms with E-state index in [4.69, 9.17) is 4.74 Å². The van der Waals surface area contributed by atoms with Crippen molar-refractivity contribution in [2.45, 2.75) is 5.92 Å². The number of aromatic nitrogens is 2. The van der Waals surface area contributed by atoms with Gasteiger partial charge in [0.05, 0.1) is 11.9 Å². The number of phenolic OH excluding ortho intramolecular Hbond substituents is 1. The molecule has 22 heavy (non-hydrogen) atoms. The first-order valence-electron chi connectivity index (χ1n) is 6.87. The van der Waals surface area contributed by atoms with Crippen LogP contribution in [0.2, 0.25) is 0 Å². The van der Waals surface area contributed by atoms with E-state index < -0.39 is 0 Å². The Morgan fingerprint density at radius 1 is 1.14 bits per heavy atom. The van der Waals surface area contributed by atoms with Crippen LogP contribution < -0.4 is 10.3 Å². The summed E-state index contributed by atoms with van der Waals surface area (Å²) in [6.07, 6.45) is 1.32. The van der Waals surface area contributed by atoms with Gasteiger partial charge in [0.25, 0.3) is 5.56 Å². The van der Waals surface area contributed by atoms with E-state index in [0.717, 1.165) is 11.1 Å². The summed E-state index contributed by atoms with van der Waals surface area (Å²) in [4.78, 5) is 19.0. The Hall–Kier alpha value is -3.08. The first-order chi connectivity index (χ1) is 10.7. The molecular formula is C17H12N2O3. The van der Waals surface area contributed by atoms with Crippen molar-refractivity contribution in [3.05, 3.63) is 81.9 Å². The Labute approximate surface area is 125 Å². The molecule has 1 aliphatic heterocycles. The van der Waals surface area contributed by atoms with Gasteiger partial charge in [0.2, 0.25) is 5.88 Å². The molecule has 1 aliphatic rings. The fraction of sp³-hybridized carbons (Fsp3) is 0.0588. The second-order valence-electron chi connectivity index (χ2n) is 5.12. The first-order valence-corrected chi connectivity index (χ1v) is 6.87. The van der Waals surface area contributed by atoms with Gasteiger partial charge >= 0.3 is 0 Å². The monoisotopic (exact) mass is 292 g/mol. The molecule has 108 valence electrons. The lowest BCUT2D eigenvalue weighted by Crippen LogP contribution is -2.23. The Morgan fingerprint density at radius 2 is 1.95 bits per heavy atom. The molecule has 1 atom stereocenters. The summed E-state index contributed by atoms with van der Waals surface area (Å²) in [6.45, 7) is 0. The van der Waals surface area contributed by atoms with Crippen LogP contribution in [-0.2, 0) is 0 Å². The molecule has 0 aliphatic carbocycles. The van der Waals surface area contributed by atoms with Crippen molar-refractivity contribution in [3.63, 3.8) is 0 Å². The van der Waals surface area contributed by atoms with Crippen molar-refractivity contribution < 1.29 is 9.84 Å². The van der Waals surface area contributed by atoms with E-state index in [2.05, 4.69) is 9.97 Å². The molecule has 5 heteroatoms. The minimum absolute atomic E-state index is 0.110. The summed E-state index contributed by atoms with van der Waals surface area (Å²) in [5.41, 5.74) is 2.05. The topological polar surface area (TPSA) is 75.2 Å². The maximum atomic E-state index is 12.3. The first kappa shape index (κ1) is 12.6. The molecule has 2 aromatic carbocycles. The molecule has 0 saturated heterocycles. The number of hydrogen-bond acceptors (Lipinski definition) is 4. The SMILES string of the molecule is O=c1[nH]cnc2c1C(c1ccccc1)c1ccc(O)cc1O2. The Bertz CT molecular complexity index is 903. The van der Waals surface area contributed by atoms with Gasteiger partial charge in [-0.15, -0.1) is 0 Å². The quantitative estimate of drug-likeness (QED) is 0.565. The van der Waals surface area contributed by atoms with Crippen LogP contribution in [0.15, 0.2) is 59.7 Å². The predicted molar refractivity (Wildman–Crippen MR) is 80.4 cm³/mol. The average Bonchev–Trinajstić information content (AvgIpc) is 2.54. The number of phenols is 1. The Kier molecular flexibility index (Phi) is 2.72. The number of H-pyrrole nitrogens is 1. The van der Waals surface area contributed by atoms with Crippen LogP contribution >= 0.6 is 0 Å². The number of ether oxygens (including phenoxy) is 1. The molecule has 0 saturated carbocycles. The fourth-order valence-corrected chi connectivity index (χ4v) is 2.83. The number of benzene rings is 2. The predicted octanol–water partition coefficient (Wildman–Crippen LogP) is 2.76. The summed E-state index contributed by atoms with van der Waals surface area (Å²) >= 11 is 0. The van der Waals surface area contributed by atoms with Crippen molar-refractivity contribution in [3.8, 4) is 17.4 Å². The second-order valence-corrected chi connectivity index (χ2v) is 5.12. The number of fused-ring (bicyclic) bond motifs is 2. The summed E-state index contributed by atoms with van der Waals surface area (Å²) in [5.74, 6) is 0.618. The minimum Gasteiger partial charge on any atom is -0.508 e. The maximum Gasteiger partial charge on any atom is 0.258 e. The lowest BCUT2D eigenvalue weighted by Gasteiger charge is -2.26. The van der Waals surface area contributed by atoms with Gasteiger partial charge in [-0.3, -0.25) is 4.79 Å². The normalized spacial score (nSPS) is 15.5. The summed E-state index contributed by atoms with van der Waals surface area (Å²) in [5, 5.41) is 9.68. The Balaban J connectivity index is 2.03. The van der Waals surface area contributed by atoms with E-state index in [9.17, 15) is 9.90 Å². The van der Waals surface area contributed by atoms with Gasteiger partial charge in [0, 0.05) is 17.5 Å². The van der Waals surface area contributed by atoms with Crippen LogP contribution in [0.3, 0.4) is 0 Å². The number of rotatable bonds is 1. The highest BCUT2D eigenvalue weighted by molar-refractivity contribution is 5.57. The van der Waals surface area contributed by atoms with Gasteiger partial charge in [0.15, 0.2) is 0 Å². The number of aromatic hydroxyl groups is 1. The van der Waals surface area contributed by atoms with E-state index in [1.807, 2.05) is 30.3 Å². The lowest BCUT2D eigenvalue weighted by molar-refractivity contribution is 0.420. The summed E-state index contributed by atoms with van der Waals surface area (Å²) < 4.78 is 5.70. The molecule has 4 rings (SSSR count). The summed E-state index contributed by atoms with van der Waals surface area (Å²) in [7, 11) is 0. The highest BCUT2D eigenvalue weighted by Gasteiger charge is 2.32. The van der Waals surface area contributed by atoms with Crippen molar-refractivity contribution in [1.29, 1.82) is 0 Å². The Morgan fingerprint density at radius 3 is 2.77 bits per heavy atom. The van der Waals surface area contributed by atoms with Gasteiger partial charge < -0.3 is 14.8 Å². The summed E-state index contributed by atoms with van der Waals surface area (Å²) in [6, 6.07) is 14.6. The third kappa shape index (κ3) is 1.87. The van der Waals surface area contributed by atoms with E-state index in [-0.39, 0.29) is 23.1 Å². The molecule has 2 heterocycles. The zero-order chi connectivity index (χ0) is 15.1. The van der Waals surface area contributed by atoms with E-state index in [0.29, 0.717) is 11.3 Å². The minimum atomic E-state index is -0.280. The van der Waals surface area contributed by atoms with Gasteiger partial charge in [-0.05, 0) is 11.6 Å². The van der Waals surface area contributed by atoms with Crippen molar-refractivity contribution >= 4 is 0 Å². The van der Waals surface area contributed by atoms with Crippen LogP contribution in [0.25, 0.3) is 0 Å². The third-order valence-corrected chi connectivity index (χ3v) is 3.79. The average molecular weight is 292 g/mol. The fourth-order valence-electron chi connectivity index (χ4n) is 2.83. The smallest absolute Gasteiger partial charge is 0.258 e. The number of nitrogens with zero attached hydrogens (tertiary/aromatic N) is 1.